The monoisotopic (exact) mass is 300 g/mol. The first-order valence-corrected chi connectivity index (χ1v) is 7.25. The third-order valence-electron chi connectivity index (χ3n) is 4.00. The molecule has 120 valence electrons. The first-order valence-electron chi connectivity index (χ1n) is 7.25. The van der Waals surface area contributed by atoms with Gasteiger partial charge in [-0.3, -0.25) is 0 Å². The molecule has 0 saturated heterocycles. The summed E-state index contributed by atoms with van der Waals surface area (Å²) in [6, 6.07) is 2.78. The Morgan fingerprint density at radius 1 is 1.24 bits per heavy atom. The molecule has 0 spiro atoms. The summed E-state index contributed by atoms with van der Waals surface area (Å²) in [6.07, 6.45) is 0.794. The molecule has 5 heteroatoms. The van der Waals surface area contributed by atoms with Crippen LogP contribution in [0.1, 0.15) is 32.8 Å². The van der Waals surface area contributed by atoms with E-state index in [1.54, 1.807) is 19.1 Å². The van der Waals surface area contributed by atoms with E-state index in [-0.39, 0.29) is 11.2 Å². The molecule has 0 aromatic heterocycles. The van der Waals surface area contributed by atoms with E-state index >= 15 is 0 Å². The molecule has 0 heterocycles. The zero-order valence-corrected chi connectivity index (χ0v) is 13.6. The van der Waals surface area contributed by atoms with Gasteiger partial charge in [0.05, 0.1) is 6.61 Å². The minimum absolute atomic E-state index is 0.0301. The summed E-state index contributed by atoms with van der Waals surface area (Å²) in [5.74, 6) is -1.05. The number of nitrogens with zero attached hydrogens (tertiary/aromatic N) is 1. The number of hydrogen-bond donors (Lipinski definition) is 1. The fourth-order valence-corrected chi connectivity index (χ4v) is 1.99. The van der Waals surface area contributed by atoms with E-state index in [0.29, 0.717) is 25.3 Å². The van der Waals surface area contributed by atoms with Gasteiger partial charge < -0.3 is 15.0 Å². The van der Waals surface area contributed by atoms with Crippen LogP contribution in [0.25, 0.3) is 0 Å². The molecular formula is C16H26F2N2O. The molecule has 21 heavy (non-hydrogen) atoms. The quantitative estimate of drug-likeness (QED) is 0.745. The highest BCUT2D eigenvalue weighted by atomic mass is 19.1. The van der Waals surface area contributed by atoms with E-state index in [0.717, 1.165) is 6.42 Å². The molecule has 0 aliphatic carbocycles. The smallest absolute Gasteiger partial charge is 0.149 e. The van der Waals surface area contributed by atoms with Crippen LogP contribution in [0, 0.1) is 11.6 Å². The van der Waals surface area contributed by atoms with Crippen molar-refractivity contribution in [2.24, 2.45) is 0 Å². The zero-order valence-electron chi connectivity index (χ0n) is 13.6. The average Bonchev–Trinajstić information content (AvgIpc) is 2.42. The Morgan fingerprint density at radius 2 is 1.81 bits per heavy atom. The van der Waals surface area contributed by atoms with E-state index in [1.165, 1.54) is 12.1 Å². The third-order valence-corrected chi connectivity index (χ3v) is 4.00. The van der Waals surface area contributed by atoms with Crippen LogP contribution >= 0.6 is 0 Å². The van der Waals surface area contributed by atoms with Gasteiger partial charge >= 0.3 is 0 Å². The maximum absolute atomic E-state index is 14.3. The van der Waals surface area contributed by atoms with Crippen LogP contribution in [0.4, 0.5) is 14.5 Å². The molecule has 0 unspecified atom stereocenters. The highest BCUT2D eigenvalue weighted by Crippen LogP contribution is 2.30. The molecule has 0 radical (unpaired) electrons. The van der Waals surface area contributed by atoms with Crippen molar-refractivity contribution in [2.75, 3.05) is 32.2 Å². The van der Waals surface area contributed by atoms with Gasteiger partial charge in [0.1, 0.15) is 17.3 Å². The van der Waals surface area contributed by atoms with Crippen molar-refractivity contribution in [1.29, 1.82) is 0 Å². The standard InChI is InChI=1S/C16H26F2N2O/c1-6-16(2,3)20(4)15-13(17)9-12(10-14(15)18)11-19-7-8-21-5/h9-10,19H,6-8,11H2,1-5H3. The first-order chi connectivity index (χ1) is 9.83. The Kier molecular flexibility index (Phi) is 6.55. The Labute approximate surface area is 126 Å². The van der Waals surface area contributed by atoms with E-state index < -0.39 is 11.6 Å². The van der Waals surface area contributed by atoms with Crippen molar-refractivity contribution < 1.29 is 13.5 Å². The van der Waals surface area contributed by atoms with Crippen LogP contribution in [-0.2, 0) is 11.3 Å². The van der Waals surface area contributed by atoms with Crippen LogP contribution in [0.5, 0.6) is 0 Å². The van der Waals surface area contributed by atoms with Gasteiger partial charge in [-0.25, -0.2) is 8.78 Å². The normalized spacial score (nSPS) is 11.8. The number of halogens is 2. The zero-order chi connectivity index (χ0) is 16.0. The summed E-state index contributed by atoms with van der Waals surface area (Å²) < 4.78 is 33.4. The topological polar surface area (TPSA) is 24.5 Å². The predicted octanol–water partition coefficient (Wildman–Crippen LogP) is 3.33. The minimum Gasteiger partial charge on any atom is -0.383 e. The van der Waals surface area contributed by atoms with Crippen LogP contribution in [0.2, 0.25) is 0 Å². The number of ether oxygens (including phenoxy) is 1. The van der Waals surface area contributed by atoms with Crippen molar-refractivity contribution in [1.82, 2.24) is 5.32 Å². The second-order valence-electron chi connectivity index (χ2n) is 5.80. The van der Waals surface area contributed by atoms with Gasteiger partial charge in [-0.15, -0.1) is 0 Å². The SMILES string of the molecule is CCC(C)(C)N(C)c1c(F)cc(CNCCOC)cc1F. The second-order valence-corrected chi connectivity index (χ2v) is 5.80. The summed E-state index contributed by atoms with van der Waals surface area (Å²) >= 11 is 0. The predicted molar refractivity (Wildman–Crippen MR) is 82.7 cm³/mol. The van der Waals surface area contributed by atoms with Crippen LogP contribution < -0.4 is 10.2 Å². The lowest BCUT2D eigenvalue weighted by molar-refractivity contribution is 0.199. The van der Waals surface area contributed by atoms with Crippen molar-refractivity contribution >= 4 is 5.69 Å². The summed E-state index contributed by atoms with van der Waals surface area (Å²) in [6.45, 7) is 7.55. The number of hydrogen-bond acceptors (Lipinski definition) is 3. The molecule has 3 nitrogen and oxygen atoms in total. The van der Waals surface area contributed by atoms with E-state index in [4.69, 9.17) is 4.74 Å². The average molecular weight is 300 g/mol. The maximum Gasteiger partial charge on any atom is 0.149 e. The molecular weight excluding hydrogens is 274 g/mol. The molecule has 1 rings (SSSR count). The lowest BCUT2D eigenvalue weighted by Gasteiger charge is -2.37. The number of methoxy groups -OCH3 is 1. The molecule has 1 N–H and O–H groups in total. The summed E-state index contributed by atoms with van der Waals surface area (Å²) in [5.41, 5.74) is 0.315. The molecule has 1 aromatic carbocycles. The van der Waals surface area contributed by atoms with Gasteiger partial charge in [0, 0.05) is 32.8 Å². The van der Waals surface area contributed by atoms with Crippen molar-refractivity contribution in [3.63, 3.8) is 0 Å². The van der Waals surface area contributed by atoms with Crippen molar-refractivity contribution in [3.05, 3.63) is 29.3 Å². The van der Waals surface area contributed by atoms with Crippen molar-refractivity contribution in [3.8, 4) is 0 Å². The van der Waals surface area contributed by atoms with E-state index in [1.807, 2.05) is 20.8 Å². The summed E-state index contributed by atoms with van der Waals surface area (Å²) in [7, 11) is 3.34. The molecule has 0 bridgehead atoms. The second kappa shape index (κ2) is 7.71. The highest BCUT2D eigenvalue weighted by Gasteiger charge is 2.26. The largest absolute Gasteiger partial charge is 0.383 e. The number of anilines is 1. The van der Waals surface area contributed by atoms with Gasteiger partial charge in [0.15, 0.2) is 0 Å². The summed E-state index contributed by atoms with van der Waals surface area (Å²) in [5, 5.41) is 3.08. The van der Waals surface area contributed by atoms with Gasteiger partial charge in [-0.2, -0.15) is 0 Å². The number of benzene rings is 1. The Balaban J connectivity index is 2.90. The Morgan fingerprint density at radius 3 is 2.29 bits per heavy atom. The van der Waals surface area contributed by atoms with Crippen LogP contribution in [-0.4, -0.2) is 32.8 Å². The Hall–Kier alpha value is -1.20. The third kappa shape index (κ3) is 4.64. The van der Waals surface area contributed by atoms with Crippen molar-refractivity contribution in [2.45, 2.75) is 39.3 Å². The summed E-state index contributed by atoms with van der Waals surface area (Å²) in [4.78, 5) is 1.67. The first kappa shape index (κ1) is 17.9. The fourth-order valence-electron chi connectivity index (χ4n) is 1.99. The van der Waals surface area contributed by atoms with Gasteiger partial charge in [-0.05, 0) is 38.0 Å². The lowest BCUT2D eigenvalue weighted by Crippen LogP contribution is -2.41. The highest BCUT2D eigenvalue weighted by molar-refractivity contribution is 5.52. The lowest BCUT2D eigenvalue weighted by atomic mass is 9.98. The van der Waals surface area contributed by atoms with Crippen LogP contribution in [0.3, 0.4) is 0 Å². The van der Waals surface area contributed by atoms with Gasteiger partial charge in [-0.1, -0.05) is 6.92 Å². The molecule has 0 aliphatic rings. The molecule has 0 aliphatic heterocycles. The van der Waals surface area contributed by atoms with E-state index in [2.05, 4.69) is 5.32 Å². The maximum atomic E-state index is 14.3. The molecule has 0 fully saturated rings. The van der Waals surface area contributed by atoms with Gasteiger partial charge in [0.25, 0.3) is 0 Å². The molecule has 1 aromatic rings. The van der Waals surface area contributed by atoms with Crippen LogP contribution in [0.15, 0.2) is 12.1 Å². The minimum atomic E-state index is -0.525. The molecule has 0 saturated carbocycles. The Bertz CT molecular complexity index is 441. The van der Waals surface area contributed by atoms with E-state index in [9.17, 15) is 8.78 Å². The molecule has 0 atom stereocenters. The number of nitrogens with one attached hydrogen (secondary N) is 1. The van der Waals surface area contributed by atoms with Gasteiger partial charge in [0.2, 0.25) is 0 Å². The fraction of sp³-hybridized carbons (Fsp3) is 0.625. The molecule has 0 amide bonds. The number of rotatable bonds is 8.